The van der Waals surface area contributed by atoms with Gasteiger partial charge in [0.15, 0.2) is 0 Å². The zero-order valence-electron chi connectivity index (χ0n) is 23.3. The lowest BCUT2D eigenvalue weighted by Gasteiger charge is -2.42. The minimum absolute atomic E-state index is 0.0578. The maximum absolute atomic E-state index is 13.4. The molecular formula is C33H42O4. The number of hydrogen-bond donors (Lipinski definition) is 0. The van der Waals surface area contributed by atoms with Gasteiger partial charge in [0, 0.05) is 11.8 Å². The number of ether oxygens (including phenoxy) is 2. The molecule has 2 aromatic carbocycles. The van der Waals surface area contributed by atoms with Crippen LogP contribution in [0.2, 0.25) is 0 Å². The lowest BCUT2D eigenvalue weighted by atomic mass is 9.69. The van der Waals surface area contributed by atoms with Crippen molar-refractivity contribution >= 4 is 11.9 Å². The molecule has 3 saturated carbocycles. The van der Waals surface area contributed by atoms with Crippen LogP contribution >= 0.6 is 0 Å². The summed E-state index contributed by atoms with van der Waals surface area (Å²) in [5.74, 6) is 1.04. The van der Waals surface area contributed by atoms with Crippen molar-refractivity contribution in [2.75, 3.05) is 0 Å². The van der Waals surface area contributed by atoms with E-state index in [0.29, 0.717) is 23.0 Å². The third kappa shape index (κ3) is 5.09. The van der Waals surface area contributed by atoms with Gasteiger partial charge in [-0.15, -0.1) is 0 Å². The number of carbonyl (C=O) groups excluding carboxylic acids is 2. The van der Waals surface area contributed by atoms with Gasteiger partial charge in [-0.3, -0.25) is 0 Å². The summed E-state index contributed by atoms with van der Waals surface area (Å²) in [5.41, 5.74) is 3.22. The van der Waals surface area contributed by atoms with E-state index in [0.717, 1.165) is 17.5 Å². The number of fused-ring (bicyclic) bond motifs is 5. The quantitative estimate of drug-likeness (QED) is 0.407. The normalized spacial score (nSPS) is 29.0. The predicted octanol–water partition coefficient (Wildman–Crippen LogP) is 7.49. The van der Waals surface area contributed by atoms with Crippen LogP contribution in [0, 0.1) is 23.7 Å². The van der Waals surface area contributed by atoms with Gasteiger partial charge in [0.05, 0.1) is 11.1 Å². The van der Waals surface area contributed by atoms with Crippen molar-refractivity contribution in [3.05, 3.63) is 70.8 Å². The number of hydrogen-bond acceptors (Lipinski definition) is 4. The summed E-state index contributed by atoms with van der Waals surface area (Å²) in [6.45, 7) is 12.8. The van der Waals surface area contributed by atoms with Crippen LogP contribution in [0.1, 0.15) is 105 Å². The van der Waals surface area contributed by atoms with E-state index < -0.39 is 0 Å². The Kier molecular flexibility index (Phi) is 6.75. The van der Waals surface area contributed by atoms with Gasteiger partial charge < -0.3 is 9.47 Å². The molecule has 198 valence electrons. The molecule has 3 fully saturated rings. The average molecular weight is 503 g/mol. The lowest BCUT2D eigenvalue weighted by Crippen LogP contribution is -2.47. The Morgan fingerprint density at radius 1 is 0.649 bits per heavy atom. The summed E-state index contributed by atoms with van der Waals surface area (Å²) in [6, 6.07) is 15.5. The predicted molar refractivity (Wildman–Crippen MR) is 146 cm³/mol. The average Bonchev–Trinajstić information content (AvgIpc) is 3.40. The van der Waals surface area contributed by atoms with Crippen LogP contribution in [0.25, 0.3) is 0 Å². The third-order valence-electron chi connectivity index (χ3n) is 9.10. The van der Waals surface area contributed by atoms with Crippen LogP contribution in [-0.2, 0) is 20.3 Å². The molecule has 0 spiro atoms. The van der Waals surface area contributed by atoms with Gasteiger partial charge in [0.1, 0.15) is 12.2 Å². The van der Waals surface area contributed by atoms with Crippen molar-refractivity contribution in [1.82, 2.24) is 0 Å². The van der Waals surface area contributed by atoms with E-state index >= 15 is 0 Å². The van der Waals surface area contributed by atoms with Crippen LogP contribution in [0.3, 0.4) is 0 Å². The summed E-state index contributed by atoms with van der Waals surface area (Å²) in [6.07, 6.45) is 5.07. The van der Waals surface area contributed by atoms with Crippen LogP contribution in [0.15, 0.2) is 48.5 Å². The lowest BCUT2D eigenvalue weighted by molar-refractivity contribution is -0.0872. The fraction of sp³-hybridized carbons (Fsp3) is 0.576. The van der Waals surface area contributed by atoms with E-state index in [-0.39, 0.29) is 46.8 Å². The van der Waals surface area contributed by atoms with Gasteiger partial charge in [0.2, 0.25) is 0 Å². The summed E-state index contributed by atoms with van der Waals surface area (Å²) in [5, 5.41) is 0. The zero-order chi connectivity index (χ0) is 26.5. The highest BCUT2D eigenvalue weighted by Crippen LogP contribution is 2.59. The third-order valence-corrected chi connectivity index (χ3v) is 9.10. The first-order valence-corrected chi connectivity index (χ1v) is 14.1. The van der Waals surface area contributed by atoms with Crippen molar-refractivity contribution in [2.45, 2.75) is 96.7 Å². The van der Waals surface area contributed by atoms with Crippen molar-refractivity contribution in [2.24, 2.45) is 23.7 Å². The first kappa shape index (κ1) is 26.0. The topological polar surface area (TPSA) is 52.6 Å². The molecule has 0 aromatic heterocycles. The summed E-state index contributed by atoms with van der Waals surface area (Å²) < 4.78 is 12.5. The first-order valence-electron chi connectivity index (χ1n) is 14.1. The van der Waals surface area contributed by atoms with Gasteiger partial charge >= 0.3 is 11.9 Å². The maximum Gasteiger partial charge on any atom is 0.338 e. The van der Waals surface area contributed by atoms with E-state index in [1.54, 1.807) is 0 Å². The zero-order valence-corrected chi connectivity index (χ0v) is 23.3. The smallest absolute Gasteiger partial charge is 0.338 e. The van der Waals surface area contributed by atoms with Gasteiger partial charge in [-0.2, -0.15) is 0 Å². The number of rotatable bonds is 4. The Labute approximate surface area is 222 Å². The van der Waals surface area contributed by atoms with Crippen LogP contribution in [0.4, 0.5) is 0 Å². The van der Waals surface area contributed by atoms with E-state index in [2.05, 4.69) is 53.7 Å². The van der Waals surface area contributed by atoms with Crippen LogP contribution in [0.5, 0.6) is 0 Å². The highest BCUT2D eigenvalue weighted by atomic mass is 16.6. The Morgan fingerprint density at radius 2 is 1.05 bits per heavy atom. The molecule has 4 heteroatoms. The monoisotopic (exact) mass is 502 g/mol. The first-order chi connectivity index (χ1) is 17.4. The highest BCUT2D eigenvalue weighted by Gasteiger charge is 2.61. The van der Waals surface area contributed by atoms with Crippen LogP contribution in [-0.4, -0.2) is 24.1 Å². The summed E-state index contributed by atoms with van der Waals surface area (Å²) >= 11 is 0. The van der Waals surface area contributed by atoms with E-state index in [1.165, 1.54) is 25.7 Å². The number of esters is 2. The van der Waals surface area contributed by atoms with Crippen molar-refractivity contribution in [3.63, 3.8) is 0 Å². The second kappa shape index (κ2) is 9.60. The molecule has 0 heterocycles. The molecule has 0 saturated heterocycles. The second-order valence-corrected chi connectivity index (χ2v) is 13.6. The van der Waals surface area contributed by atoms with Gasteiger partial charge in [-0.05, 0) is 77.3 Å². The van der Waals surface area contributed by atoms with Gasteiger partial charge in [-0.25, -0.2) is 9.59 Å². The molecule has 0 amide bonds. The molecule has 0 aliphatic heterocycles. The second-order valence-electron chi connectivity index (χ2n) is 13.6. The fourth-order valence-electron chi connectivity index (χ4n) is 7.08. The summed E-state index contributed by atoms with van der Waals surface area (Å²) in [4.78, 5) is 26.8. The van der Waals surface area contributed by atoms with Crippen LogP contribution < -0.4 is 0 Å². The molecule has 6 unspecified atom stereocenters. The molecular weight excluding hydrogens is 460 g/mol. The summed E-state index contributed by atoms with van der Waals surface area (Å²) in [7, 11) is 0. The standard InChI is InChI=1S/C33H42O4/c1-32(2,3)22-13-9-11-20(17-22)30(34)36-28-26-19-27(25-16-8-7-15-24(25)26)29(28)37-31(35)21-12-10-14-23(18-21)33(4,5)6/h9-14,17-18,24-29H,7-8,15-16,19H2,1-6H3. The number of carbonyl (C=O) groups is 2. The molecule has 0 radical (unpaired) electrons. The van der Waals surface area contributed by atoms with E-state index in [9.17, 15) is 9.59 Å². The maximum atomic E-state index is 13.4. The SMILES string of the molecule is CC(C)(C)c1cccc(C(=O)OC2C3CC(C4CCCCC43)C2OC(=O)c2cccc(C(C)(C)C)c2)c1. The molecule has 4 nitrogen and oxygen atoms in total. The van der Waals surface area contributed by atoms with E-state index in [1.807, 2.05) is 36.4 Å². The largest absolute Gasteiger partial charge is 0.455 e. The Morgan fingerprint density at radius 3 is 1.43 bits per heavy atom. The fourth-order valence-corrected chi connectivity index (χ4v) is 7.08. The Hall–Kier alpha value is -2.62. The van der Waals surface area contributed by atoms with E-state index in [4.69, 9.17) is 9.47 Å². The molecule has 3 aliphatic rings. The van der Waals surface area contributed by atoms with Crippen molar-refractivity contribution in [3.8, 4) is 0 Å². The molecule has 2 bridgehead atoms. The minimum Gasteiger partial charge on any atom is -0.455 e. The van der Waals surface area contributed by atoms with Crippen molar-refractivity contribution in [1.29, 1.82) is 0 Å². The molecule has 2 aromatic rings. The van der Waals surface area contributed by atoms with Gasteiger partial charge in [-0.1, -0.05) is 78.6 Å². The van der Waals surface area contributed by atoms with Crippen molar-refractivity contribution < 1.29 is 19.1 Å². The Balaban J connectivity index is 1.39. The molecule has 37 heavy (non-hydrogen) atoms. The molecule has 6 atom stereocenters. The Bertz CT molecular complexity index is 1080. The highest BCUT2D eigenvalue weighted by molar-refractivity contribution is 5.91. The number of benzene rings is 2. The molecule has 0 N–H and O–H groups in total. The van der Waals surface area contributed by atoms with Gasteiger partial charge in [0.25, 0.3) is 0 Å². The molecule has 5 rings (SSSR count). The molecule has 3 aliphatic carbocycles. The minimum atomic E-state index is -0.384.